The monoisotopic (exact) mass is 203 g/mol. The number of nitrogens with one attached hydrogen (secondary N) is 1. The summed E-state index contributed by atoms with van der Waals surface area (Å²) in [5.74, 6) is -0.127. The highest BCUT2D eigenvalue weighted by Gasteiger charge is 2.00. The van der Waals surface area contributed by atoms with Crippen LogP contribution in [-0.4, -0.2) is 57.8 Å². The van der Waals surface area contributed by atoms with Gasteiger partial charge >= 0.3 is 0 Å². The van der Waals surface area contributed by atoms with Crippen LogP contribution in [0.2, 0.25) is 0 Å². The normalized spacial score (nSPS) is 10.6. The average Bonchev–Trinajstić information content (AvgIpc) is 2.12. The van der Waals surface area contributed by atoms with Gasteiger partial charge < -0.3 is 15.0 Å². The van der Waals surface area contributed by atoms with Crippen LogP contribution in [0.15, 0.2) is 0 Å². The van der Waals surface area contributed by atoms with Gasteiger partial charge in [-0.3, -0.25) is 4.79 Å². The first-order valence-corrected chi connectivity index (χ1v) is 4.74. The zero-order chi connectivity index (χ0) is 10.8. The fourth-order valence-electron chi connectivity index (χ4n) is 0.796. The van der Waals surface area contributed by atoms with Gasteiger partial charge in [-0.05, 0) is 20.5 Å². The van der Waals surface area contributed by atoms with Crippen LogP contribution < -0.4 is 5.32 Å². The highest BCUT2D eigenvalue weighted by Crippen LogP contribution is 1.81. The summed E-state index contributed by atoms with van der Waals surface area (Å²) in [5.41, 5.74) is 0. The van der Waals surface area contributed by atoms with Gasteiger partial charge in [0.15, 0.2) is 0 Å². The molecule has 0 fully saturated rings. The molecule has 0 spiro atoms. The molecule has 0 saturated carbocycles. The third kappa shape index (κ3) is 9.44. The molecule has 5 nitrogen and oxygen atoms in total. The lowest BCUT2D eigenvalue weighted by Crippen LogP contribution is -2.33. The summed E-state index contributed by atoms with van der Waals surface area (Å²) >= 11 is 0. The molecule has 0 aliphatic heterocycles. The van der Waals surface area contributed by atoms with Crippen molar-refractivity contribution >= 4 is 5.91 Å². The first kappa shape index (κ1) is 13.4. The molecule has 83 valence electrons. The minimum atomic E-state index is -0.151. The standard InChI is InChI=1S/C9H19N2O3/c1-11(2)5-4-10-9(13)8-14-7-3-6-12/h3-8H2,1-2H3,(H,10,13). The van der Waals surface area contributed by atoms with E-state index in [0.29, 0.717) is 19.6 Å². The van der Waals surface area contributed by atoms with Crippen LogP contribution in [0.5, 0.6) is 0 Å². The third-order valence-corrected chi connectivity index (χ3v) is 1.55. The van der Waals surface area contributed by atoms with E-state index in [1.54, 1.807) is 0 Å². The molecule has 1 radical (unpaired) electrons. The Morgan fingerprint density at radius 3 is 2.71 bits per heavy atom. The Morgan fingerprint density at radius 2 is 2.14 bits per heavy atom. The van der Waals surface area contributed by atoms with Gasteiger partial charge in [0, 0.05) is 19.7 Å². The van der Waals surface area contributed by atoms with Gasteiger partial charge in [-0.2, -0.15) is 0 Å². The van der Waals surface area contributed by atoms with Crippen molar-refractivity contribution in [2.24, 2.45) is 0 Å². The summed E-state index contributed by atoms with van der Waals surface area (Å²) in [5, 5.41) is 12.7. The molecular formula is C9H19N2O3. The fourth-order valence-corrected chi connectivity index (χ4v) is 0.796. The van der Waals surface area contributed by atoms with Crippen molar-refractivity contribution in [3.05, 3.63) is 0 Å². The van der Waals surface area contributed by atoms with Crippen molar-refractivity contribution < 1.29 is 14.6 Å². The van der Waals surface area contributed by atoms with Gasteiger partial charge in [-0.25, -0.2) is 5.11 Å². The zero-order valence-corrected chi connectivity index (χ0v) is 8.91. The smallest absolute Gasteiger partial charge is 0.246 e. The molecule has 0 saturated heterocycles. The molecule has 0 aromatic carbocycles. The van der Waals surface area contributed by atoms with Gasteiger partial charge in [0.05, 0.1) is 6.61 Å². The molecule has 0 aliphatic rings. The highest BCUT2D eigenvalue weighted by molar-refractivity contribution is 5.77. The summed E-state index contributed by atoms with van der Waals surface area (Å²) in [6, 6.07) is 0. The number of carbonyl (C=O) groups excluding carboxylic acids is 1. The van der Waals surface area contributed by atoms with E-state index in [2.05, 4.69) is 5.32 Å². The number of ether oxygens (including phenoxy) is 1. The summed E-state index contributed by atoms with van der Waals surface area (Å²) in [6.45, 7) is 1.70. The Balaban J connectivity index is 3.20. The van der Waals surface area contributed by atoms with Crippen LogP contribution in [0.3, 0.4) is 0 Å². The molecule has 0 heterocycles. The summed E-state index contributed by atoms with van der Waals surface area (Å²) in [6.07, 6.45) is 0.463. The summed E-state index contributed by atoms with van der Waals surface area (Å²) in [7, 11) is 3.88. The minimum Gasteiger partial charge on any atom is -0.372 e. The number of amides is 1. The maximum atomic E-state index is 11.1. The van der Waals surface area contributed by atoms with Crippen LogP contribution in [-0.2, 0) is 14.6 Å². The quantitative estimate of drug-likeness (QED) is 0.541. The van der Waals surface area contributed by atoms with Crippen molar-refractivity contribution in [2.45, 2.75) is 6.42 Å². The highest BCUT2D eigenvalue weighted by atomic mass is 16.5. The van der Waals surface area contributed by atoms with Crippen molar-refractivity contribution in [3.63, 3.8) is 0 Å². The van der Waals surface area contributed by atoms with Crippen molar-refractivity contribution in [2.75, 3.05) is 47.0 Å². The number of nitrogens with zero attached hydrogens (tertiary/aromatic N) is 1. The molecule has 0 aliphatic carbocycles. The SMILES string of the molecule is CN(C)CCNC(=O)COCCC[O]. The molecule has 1 amide bonds. The van der Waals surface area contributed by atoms with Gasteiger partial charge in [0.2, 0.25) is 5.91 Å². The Hall–Kier alpha value is -0.650. The van der Waals surface area contributed by atoms with E-state index in [1.807, 2.05) is 19.0 Å². The van der Waals surface area contributed by atoms with Gasteiger partial charge in [-0.1, -0.05) is 0 Å². The number of hydrogen-bond donors (Lipinski definition) is 1. The molecule has 0 atom stereocenters. The molecule has 5 heteroatoms. The second kappa shape index (κ2) is 8.93. The van der Waals surface area contributed by atoms with Crippen LogP contribution in [0, 0.1) is 0 Å². The van der Waals surface area contributed by atoms with E-state index >= 15 is 0 Å². The van der Waals surface area contributed by atoms with Crippen molar-refractivity contribution in [3.8, 4) is 0 Å². The van der Waals surface area contributed by atoms with Crippen LogP contribution in [0.4, 0.5) is 0 Å². The van der Waals surface area contributed by atoms with E-state index in [-0.39, 0.29) is 19.1 Å². The lowest BCUT2D eigenvalue weighted by atomic mass is 10.5. The zero-order valence-electron chi connectivity index (χ0n) is 8.91. The lowest BCUT2D eigenvalue weighted by Gasteiger charge is -2.10. The van der Waals surface area contributed by atoms with E-state index in [1.165, 1.54) is 0 Å². The number of carbonyl (C=O) groups is 1. The molecule has 14 heavy (non-hydrogen) atoms. The van der Waals surface area contributed by atoms with E-state index < -0.39 is 0 Å². The number of hydrogen-bond acceptors (Lipinski definition) is 3. The molecular weight excluding hydrogens is 184 g/mol. The van der Waals surface area contributed by atoms with E-state index in [0.717, 1.165) is 6.54 Å². The predicted molar refractivity (Wildman–Crippen MR) is 52.6 cm³/mol. The van der Waals surface area contributed by atoms with Crippen LogP contribution in [0.1, 0.15) is 6.42 Å². The first-order valence-electron chi connectivity index (χ1n) is 4.74. The maximum absolute atomic E-state index is 11.1. The van der Waals surface area contributed by atoms with E-state index in [4.69, 9.17) is 4.74 Å². The van der Waals surface area contributed by atoms with Crippen molar-refractivity contribution in [1.29, 1.82) is 0 Å². The molecule has 0 aromatic rings. The molecule has 1 N–H and O–H groups in total. The fraction of sp³-hybridized carbons (Fsp3) is 0.889. The van der Waals surface area contributed by atoms with Gasteiger partial charge in [-0.15, -0.1) is 0 Å². The van der Waals surface area contributed by atoms with E-state index in [9.17, 15) is 9.90 Å². The second-order valence-corrected chi connectivity index (χ2v) is 3.26. The Bertz CT molecular complexity index is 151. The van der Waals surface area contributed by atoms with Gasteiger partial charge in [0.1, 0.15) is 6.61 Å². The first-order chi connectivity index (χ1) is 6.66. The largest absolute Gasteiger partial charge is 0.372 e. The lowest BCUT2D eigenvalue weighted by molar-refractivity contribution is -0.125. The molecule has 0 bridgehead atoms. The molecule has 0 rings (SSSR count). The maximum Gasteiger partial charge on any atom is 0.246 e. The number of rotatable bonds is 8. The topological polar surface area (TPSA) is 61.5 Å². The Morgan fingerprint density at radius 1 is 1.43 bits per heavy atom. The summed E-state index contributed by atoms with van der Waals surface area (Å²) < 4.78 is 4.97. The third-order valence-electron chi connectivity index (χ3n) is 1.55. The Kier molecular flexibility index (Phi) is 8.51. The Labute approximate surface area is 85.0 Å². The predicted octanol–water partition coefficient (Wildman–Crippen LogP) is -0.499. The second-order valence-electron chi connectivity index (χ2n) is 3.26. The molecule has 0 unspecified atom stereocenters. The van der Waals surface area contributed by atoms with Crippen LogP contribution in [0.25, 0.3) is 0 Å². The minimum absolute atomic E-state index is 0.0490. The average molecular weight is 203 g/mol. The summed E-state index contributed by atoms with van der Waals surface area (Å²) in [4.78, 5) is 13.0. The van der Waals surface area contributed by atoms with Crippen LogP contribution >= 0.6 is 0 Å². The molecule has 0 aromatic heterocycles. The van der Waals surface area contributed by atoms with Crippen molar-refractivity contribution in [1.82, 2.24) is 10.2 Å². The van der Waals surface area contributed by atoms with Gasteiger partial charge in [0.25, 0.3) is 0 Å². The number of likely N-dealkylation sites (N-methyl/N-ethyl adjacent to an activating group) is 1.